The highest BCUT2D eigenvalue weighted by Crippen LogP contribution is 2.24. The Morgan fingerprint density at radius 3 is 2.34 bits per heavy atom. The van der Waals surface area contributed by atoms with Crippen LogP contribution in [0.1, 0.15) is 18.5 Å². The van der Waals surface area contributed by atoms with E-state index in [9.17, 15) is 9.90 Å². The summed E-state index contributed by atoms with van der Waals surface area (Å²) in [6, 6.07) is 21.6. The zero-order valence-corrected chi connectivity index (χ0v) is 16.3. The van der Waals surface area contributed by atoms with Crippen molar-refractivity contribution < 1.29 is 9.90 Å². The van der Waals surface area contributed by atoms with Crippen LogP contribution in [-0.4, -0.2) is 34.0 Å². The van der Waals surface area contributed by atoms with Gasteiger partial charge in [0.1, 0.15) is 5.75 Å². The molecule has 0 atom stereocenters. The van der Waals surface area contributed by atoms with Crippen LogP contribution in [0.4, 0.5) is 5.69 Å². The lowest BCUT2D eigenvalue weighted by Gasteiger charge is -2.31. The molecule has 2 N–H and O–H groups in total. The highest BCUT2D eigenvalue weighted by molar-refractivity contribution is 5.92. The first kappa shape index (κ1) is 19.2. The minimum atomic E-state index is 0.0115. The molecule has 148 valence electrons. The third-order valence-corrected chi connectivity index (χ3v) is 5.46. The van der Waals surface area contributed by atoms with Crippen LogP contribution < -0.4 is 5.32 Å². The third kappa shape index (κ3) is 4.81. The number of hydrogen-bond acceptors (Lipinski definition) is 4. The number of amides is 1. The van der Waals surface area contributed by atoms with E-state index in [1.165, 1.54) is 0 Å². The fourth-order valence-corrected chi connectivity index (χ4v) is 3.74. The van der Waals surface area contributed by atoms with Crippen LogP contribution in [0.25, 0.3) is 11.1 Å². The molecule has 5 heteroatoms. The largest absolute Gasteiger partial charge is 0.506 e. The van der Waals surface area contributed by atoms with E-state index in [1.807, 2.05) is 42.5 Å². The van der Waals surface area contributed by atoms with Gasteiger partial charge >= 0.3 is 0 Å². The Morgan fingerprint density at radius 2 is 1.66 bits per heavy atom. The predicted molar refractivity (Wildman–Crippen MR) is 114 cm³/mol. The highest BCUT2D eigenvalue weighted by Gasteiger charge is 2.25. The SMILES string of the molecule is O=C(Nc1ccc(-c2ccccc2)cc1)C1CCN(Cc2ncccc2O)CC1. The number of carbonyl (C=O) groups excluding carboxylic acids is 1. The fourth-order valence-electron chi connectivity index (χ4n) is 3.74. The van der Waals surface area contributed by atoms with Gasteiger partial charge in [-0.15, -0.1) is 0 Å². The number of rotatable bonds is 5. The first-order chi connectivity index (χ1) is 14.2. The van der Waals surface area contributed by atoms with Gasteiger partial charge in [0.15, 0.2) is 0 Å². The lowest BCUT2D eigenvalue weighted by Crippen LogP contribution is -2.37. The van der Waals surface area contributed by atoms with Crippen molar-refractivity contribution in [2.75, 3.05) is 18.4 Å². The highest BCUT2D eigenvalue weighted by atomic mass is 16.3. The number of likely N-dealkylation sites (tertiary alicyclic amines) is 1. The molecule has 1 amide bonds. The van der Waals surface area contributed by atoms with Crippen LogP contribution in [0, 0.1) is 5.92 Å². The number of nitrogens with one attached hydrogen (secondary N) is 1. The molecule has 3 aromatic rings. The smallest absolute Gasteiger partial charge is 0.227 e. The molecular weight excluding hydrogens is 362 g/mol. The molecule has 2 heterocycles. The standard InChI is InChI=1S/C24H25N3O2/c28-23-7-4-14-25-22(23)17-27-15-12-20(13-16-27)24(29)26-21-10-8-19(9-11-21)18-5-2-1-3-6-18/h1-11,14,20,28H,12-13,15-17H2,(H,26,29). The zero-order valence-electron chi connectivity index (χ0n) is 16.3. The number of carbonyl (C=O) groups is 1. The molecule has 0 unspecified atom stereocenters. The third-order valence-electron chi connectivity index (χ3n) is 5.46. The Morgan fingerprint density at radius 1 is 0.966 bits per heavy atom. The second-order valence-electron chi connectivity index (χ2n) is 7.45. The Labute approximate surface area is 171 Å². The second kappa shape index (κ2) is 8.88. The van der Waals surface area contributed by atoms with E-state index in [4.69, 9.17) is 0 Å². The summed E-state index contributed by atoms with van der Waals surface area (Å²) >= 11 is 0. The number of anilines is 1. The number of aromatic nitrogens is 1. The molecule has 0 saturated carbocycles. The summed E-state index contributed by atoms with van der Waals surface area (Å²) in [6.07, 6.45) is 3.31. The monoisotopic (exact) mass is 387 g/mol. The Bertz CT molecular complexity index is 949. The minimum Gasteiger partial charge on any atom is -0.506 e. The molecule has 0 aliphatic carbocycles. The summed E-state index contributed by atoms with van der Waals surface area (Å²) < 4.78 is 0. The normalized spacial score (nSPS) is 15.2. The maximum absolute atomic E-state index is 12.7. The van der Waals surface area contributed by atoms with Crippen molar-refractivity contribution in [1.82, 2.24) is 9.88 Å². The maximum atomic E-state index is 12.7. The number of pyridine rings is 1. The van der Waals surface area contributed by atoms with Crippen LogP contribution in [-0.2, 0) is 11.3 Å². The topological polar surface area (TPSA) is 65.5 Å². The van der Waals surface area contributed by atoms with Crippen LogP contribution in [0.5, 0.6) is 5.75 Å². The lowest BCUT2D eigenvalue weighted by molar-refractivity contribution is -0.121. The van der Waals surface area contributed by atoms with E-state index in [0.717, 1.165) is 42.7 Å². The predicted octanol–water partition coefficient (Wildman–Crippen LogP) is 4.30. The van der Waals surface area contributed by atoms with Crippen molar-refractivity contribution >= 4 is 11.6 Å². The van der Waals surface area contributed by atoms with Crippen LogP contribution in [0.3, 0.4) is 0 Å². The quantitative estimate of drug-likeness (QED) is 0.685. The van der Waals surface area contributed by atoms with E-state index in [0.29, 0.717) is 12.2 Å². The van der Waals surface area contributed by atoms with Crippen LogP contribution in [0.2, 0.25) is 0 Å². The van der Waals surface area contributed by atoms with Crippen molar-refractivity contribution in [2.24, 2.45) is 5.92 Å². The number of hydrogen-bond donors (Lipinski definition) is 2. The first-order valence-electron chi connectivity index (χ1n) is 10.0. The van der Waals surface area contributed by atoms with Gasteiger partial charge in [0.2, 0.25) is 5.91 Å². The maximum Gasteiger partial charge on any atom is 0.227 e. The van der Waals surface area contributed by atoms with Crippen LogP contribution in [0.15, 0.2) is 72.9 Å². The molecule has 0 bridgehead atoms. The van der Waals surface area contributed by atoms with E-state index < -0.39 is 0 Å². The molecule has 5 nitrogen and oxygen atoms in total. The number of aromatic hydroxyl groups is 1. The van der Waals surface area contributed by atoms with Gasteiger partial charge in [0.05, 0.1) is 5.69 Å². The van der Waals surface area contributed by atoms with Crippen molar-refractivity contribution in [3.63, 3.8) is 0 Å². The van der Waals surface area contributed by atoms with Gasteiger partial charge in [-0.3, -0.25) is 14.7 Å². The number of nitrogens with zero attached hydrogens (tertiary/aromatic N) is 2. The van der Waals surface area contributed by atoms with Gasteiger partial charge < -0.3 is 10.4 Å². The van der Waals surface area contributed by atoms with Gasteiger partial charge in [-0.25, -0.2) is 0 Å². The Balaban J connectivity index is 1.29. The summed E-state index contributed by atoms with van der Waals surface area (Å²) in [5, 5.41) is 12.9. The van der Waals surface area contributed by atoms with E-state index >= 15 is 0 Å². The van der Waals surface area contributed by atoms with E-state index in [1.54, 1.807) is 18.3 Å². The molecule has 1 aliphatic rings. The summed E-state index contributed by atoms with van der Waals surface area (Å²) in [5.41, 5.74) is 3.82. The van der Waals surface area contributed by atoms with E-state index in [-0.39, 0.29) is 17.6 Å². The Kier molecular flexibility index (Phi) is 5.86. The van der Waals surface area contributed by atoms with Crippen LogP contribution >= 0.6 is 0 Å². The summed E-state index contributed by atoms with van der Waals surface area (Å²) in [4.78, 5) is 19.1. The summed E-state index contributed by atoms with van der Waals surface area (Å²) in [7, 11) is 0. The second-order valence-corrected chi connectivity index (χ2v) is 7.45. The van der Waals surface area contributed by atoms with Crippen molar-refractivity contribution in [2.45, 2.75) is 19.4 Å². The molecule has 29 heavy (non-hydrogen) atoms. The molecule has 1 aromatic heterocycles. The molecule has 4 rings (SSSR count). The van der Waals surface area contributed by atoms with Crippen molar-refractivity contribution in [1.29, 1.82) is 0 Å². The average molecular weight is 387 g/mol. The summed E-state index contributed by atoms with van der Waals surface area (Å²) in [5.74, 6) is 0.321. The molecule has 1 aliphatic heterocycles. The molecule has 0 radical (unpaired) electrons. The number of benzene rings is 2. The van der Waals surface area contributed by atoms with Crippen molar-refractivity contribution in [3.05, 3.63) is 78.6 Å². The average Bonchev–Trinajstić information content (AvgIpc) is 2.77. The molecule has 2 aromatic carbocycles. The lowest BCUT2D eigenvalue weighted by atomic mass is 9.95. The molecule has 1 saturated heterocycles. The van der Waals surface area contributed by atoms with Crippen molar-refractivity contribution in [3.8, 4) is 16.9 Å². The van der Waals surface area contributed by atoms with Gasteiger partial charge in [0, 0.05) is 24.3 Å². The van der Waals surface area contributed by atoms with Gasteiger partial charge in [-0.05, 0) is 61.3 Å². The number of piperidine rings is 1. The van der Waals surface area contributed by atoms with E-state index in [2.05, 4.69) is 27.3 Å². The minimum absolute atomic E-state index is 0.0115. The zero-order chi connectivity index (χ0) is 20.1. The van der Waals surface area contributed by atoms with Gasteiger partial charge in [-0.1, -0.05) is 42.5 Å². The Hall–Kier alpha value is -3.18. The first-order valence-corrected chi connectivity index (χ1v) is 10.0. The fraction of sp³-hybridized carbons (Fsp3) is 0.250. The molecule has 0 spiro atoms. The van der Waals surface area contributed by atoms with Gasteiger partial charge in [-0.2, -0.15) is 0 Å². The van der Waals surface area contributed by atoms with Gasteiger partial charge in [0.25, 0.3) is 0 Å². The molecular formula is C24H25N3O2. The molecule has 1 fully saturated rings. The summed E-state index contributed by atoms with van der Waals surface area (Å²) in [6.45, 7) is 2.25.